The summed E-state index contributed by atoms with van der Waals surface area (Å²) >= 11 is 0. The maximum Gasteiger partial charge on any atom is 0.226 e. The van der Waals surface area contributed by atoms with E-state index in [-0.39, 0.29) is 0 Å². The maximum absolute atomic E-state index is 4.30. The van der Waals surface area contributed by atoms with Crippen LogP contribution in [0.3, 0.4) is 0 Å². The SMILES string of the molecule is CNc1nc(NC)c2ncn(C)c2n1. The summed E-state index contributed by atoms with van der Waals surface area (Å²) in [5, 5.41) is 5.90. The minimum Gasteiger partial charge on any atom is -0.371 e. The zero-order chi connectivity index (χ0) is 10.1. The zero-order valence-corrected chi connectivity index (χ0v) is 8.37. The Morgan fingerprint density at radius 1 is 1.21 bits per heavy atom. The highest BCUT2D eigenvalue weighted by molar-refractivity contribution is 5.84. The summed E-state index contributed by atoms with van der Waals surface area (Å²) in [4.78, 5) is 12.8. The molecule has 0 atom stereocenters. The van der Waals surface area contributed by atoms with Crippen molar-refractivity contribution in [1.29, 1.82) is 0 Å². The second kappa shape index (κ2) is 3.13. The summed E-state index contributed by atoms with van der Waals surface area (Å²) in [6, 6.07) is 0. The van der Waals surface area contributed by atoms with Gasteiger partial charge in [0.15, 0.2) is 17.0 Å². The van der Waals surface area contributed by atoms with Crippen molar-refractivity contribution >= 4 is 22.9 Å². The van der Waals surface area contributed by atoms with Crippen molar-refractivity contribution in [3.05, 3.63) is 6.33 Å². The molecule has 0 aliphatic heterocycles. The quantitative estimate of drug-likeness (QED) is 0.723. The van der Waals surface area contributed by atoms with Crippen molar-refractivity contribution in [1.82, 2.24) is 19.5 Å². The third-order valence-electron chi connectivity index (χ3n) is 2.02. The molecule has 14 heavy (non-hydrogen) atoms. The highest BCUT2D eigenvalue weighted by Gasteiger charge is 2.09. The number of nitrogens with zero attached hydrogens (tertiary/aromatic N) is 4. The number of aryl methyl sites for hydroxylation is 1. The van der Waals surface area contributed by atoms with Crippen molar-refractivity contribution in [3.63, 3.8) is 0 Å². The van der Waals surface area contributed by atoms with Crippen molar-refractivity contribution < 1.29 is 0 Å². The monoisotopic (exact) mass is 192 g/mol. The first-order valence-corrected chi connectivity index (χ1v) is 4.31. The van der Waals surface area contributed by atoms with Crippen LogP contribution in [0.5, 0.6) is 0 Å². The lowest BCUT2D eigenvalue weighted by atomic mass is 10.5. The van der Waals surface area contributed by atoms with Crippen LogP contribution in [0.15, 0.2) is 6.33 Å². The van der Waals surface area contributed by atoms with Crippen molar-refractivity contribution in [2.75, 3.05) is 24.7 Å². The van der Waals surface area contributed by atoms with Crippen LogP contribution >= 0.6 is 0 Å². The summed E-state index contributed by atoms with van der Waals surface area (Å²) in [6.45, 7) is 0. The molecule has 0 bridgehead atoms. The van der Waals surface area contributed by atoms with Crippen molar-refractivity contribution in [2.45, 2.75) is 0 Å². The molecule has 0 radical (unpaired) electrons. The molecule has 2 N–H and O–H groups in total. The van der Waals surface area contributed by atoms with E-state index in [1.165, 1.54) is 0 Å². The van der Waals surface area contributed by atoms with Gasteiger partial charge in [0, 0.05) is 21.1 Å². The van der Waals surface area contributed by atoms with Gasteiger partial charge in [0.25, 0.3) is 0 Å². The van der Waals surface area contributed by atoms with Gasteiger partial charge in [-0.3, -0.25) is 0 Å². The van der Waals surface area contributed by atoms with E-state index in [2.05, 4.69) is 25.6 Å². The van der Waals surface area contributed by atoms with E-state index >= 15 is 0 Å². The number of fused-ring (bicyclic) bond motifs is 1. The molecule has 0 spiro atoms. The van der Waals surface area contributed by atoms with Gasteiger partial charge in [0.1, 0.15) is 0 Å². The number of rotatable bonds is 2. The molecule has 2 aromatic heterocycles. The van der Waals surface area contributed by atoms with Crippen molar-refractivity contribution in [3.8, 4) is 0 Å². The molecule has 2 aromatic rings. The van der Waals surface area contributed by atoms with E-state index in [4.69, 9.17) is 0 Å². The summed E-state index contributed by atoms with van der Waals surface area (Å²) in [7, 11) is 5.51. The molecule has 2 heterocycles. The third-order valence-corrected chi connectivity index (χ3v) is 2.02. The van der Waals surface area contributed by atoms with Gasteiger partial charge in [-0.05, 0) is 0 Å². The van der Waals surface area contributed by atoms with Crippen LogP contribution in [0.2, 0.25) is 0 Å². The lowest BCUT2D eigenvalue weighted by Gasteiger charge is -2.03. The normalized spacial score (nSPS) is 10.5. The molecule has 2 rings (SSSR count). The largest absolute Gasteiger partial charge is 0.371 e. The zero-order valence-electron chi connectivity index (χ0n) is 8.37. The fourth-order valence-corrected chi connectivity index (χ4v) is 1.29. The van der Waals surface area contributed by atoms with Gasteiger partial charge < -0.3 is 15.2 Å². The number of hydrogen-bond acceptors (Lipinski definition) is 5. The van der Waals surface area contributed by atoms with Crippen LogP contribution in [0, 0.1) is 0 Å². The van der Waals surface area contributed by atoms with Crippen LogP contribution in [0.4, 0.5) is 11.8 Å². The molecule has 0 unspecified atom stereocenters. The summed E-state index contributed by atoms with van der Waals surface area (Å²) < 4.78 is 1.86. The highest BCUT2D eigenvalue weighted by Crippen LogP contribution is 2.18. The van der Waals surface area contributed by atoms with Gasteiger partial charge in [0.05, 0.1) is 6.33 Å². The molecule has 0 aromatic carbocycles. The van der Waals surface area contributed by atoms with E-state index < -0.39 is 0 Å². The average Bonchev–Trinajstić information content (AvgIpc) is 2.59. The Labute approximate surface area is 81.4 Å². The van der Waals surface area contributed by atoms with Crippen LogP contribution in [0.1, 0.15) is 0 Å². The molecular weight excluding hydrogens is 180 g/mol. The average molecular weight is 192 g/mol. The van der Waals surface area contributed by atoms with E-state index in [1.807, 2.05) is 18.7 Å². The smallest absolute Gasteiger partial charge is 0.226 e. The topological polar surface area (TPSA) is 67.7 Å². The molecule has 0 saturated carbocycles. The maximum atomic E-state index is 4.30. The third kappa shape index (κ3) is 1.15. The first-order valence-electron chi connectivity index (χ1n) is 4.31. The van der Waals surface area contributed by atoms with Gasteiger partial charge in [-0.15, -0.1) is 0 Å². The summed E-state index contributed by atoms with van der Waals surface area (Å²) in [5.41, 5.74) is 1.60. The van der Waals surface area contributed by atoms with Gasteiger partial charge in [0.2, 0.25) is 5.95 Å². The molecule has 0 aliphatic rings. The van der Waals surface area contributed by atoms with Gasteiger partial charge in [-0.2, -0.15) is 9.97 Å². The van der Waals surface area contributed by atoms with E-state index in [0.29, 0.717) is 5.95 Å². The number of hydrogen-bond donors (Lipinski definition) is 2. The molecule has 0 saturated heterocycles. The standard InChI is InChI=1S/C8H12N6/c1-9-6-5-7(14(3)4-11-5)13-8(10-2)12-6/h4H,1-3H3,(H2,9,10,12,13). The van der Waals surface area contributed by atoms with Gasteiger partial charge in [-0.25, -0.2) is 4.98 Å². The fraction of sp³-hybridized carbons (Fsp3) is 0.375. The van der Waals surface area contributed by atoms with Gasteiger partial charge >= 0.3 is 0 Å². The first-order chi connectivity index (χ1) is 6.76. The minimum absolute atomic E-state index is 0.588. The second-order valence-electron chi connectivity index (χ2n) is 2.92. The molecule has 0 amide bonds. The molecular formula is C8H12N6. The Bertz CT molecular complexity index is 460. The van der Waals surface area contributed by atoms with Crippen LogP contribution in [-0.2, 0) is 7.05 Å². The molecule has 6 nitrogen and oxygen atoms in total. The lowest BCUT2D eigenvalue weighted by Crippen LogP contribution is -2.02. The minimum atomic E-state index is 0.588. The molecule has 0 fully saturated rings. The Balaban J connectivity index is 2.76. The van der Waals surface area contributed by atoms with E-state index in [0.717, 1.165) is 17.0 Å². The molecule has 6 heteroatoms. The number of imidazole rings is 1. The summed E-state index contributed by atoms with van der Waals surface area (Å²) in [5.74, 6) is 1.32. The number of nitrogens with one attached hydrogen (secondary N) is 2. The Morgan fingerprint density at radius 3 is 2.64 bits per heavy atom. The van der Waals surface area contributed by atoms with E-state index in [1.54, 1.807) is 13.4 Å². The predicted octanol–water partition coefficient (Wildman–Crippen LogP) is 0.447. The fourth-order valence-electron chi connectivity index (χ4n) is 1.29. The second-order valence-corrected chi connectivity index (χ2v) is 2.92. The van der Waals surface area contributed by atoms with Gasteiger partial charge in [-0.1, -0.05) is 0 Å². The number of aromatic nitrogens is 4. The Kier molecular flexibility index (Phi) is 1.95. The van der Waals surface area contributed by atoms with Crippen LogP contribution in [0.25, 0.3) is 11.2 Å². The van der Waals surface area contributed by atoms with Crippen LogP contribution < -0.4 is 10.6 Å². The van der Waals surface area contributed by atoms with Crippen LogP contribution in [-0.4, -0.2) is 33.6 Å². The Hall–Kier alpha value is -1.85. The van der Waals surface area contributed by atoms with E-state index in [9.17, 15) is 0 Å². The molecule has 74 valence electrons. The highest BCUT2D eigenvalue weighted by atomic mass is 15.2. The Morgan fingerprint density at radius 2 is 2.00 bits per heavy atom. The van der Waals surface area contributed by atoms with Crippen molar-refractivity contribution in [2.24, 2.45) is 7.05 Å². The summed E-state index contributed by atoms with van der Waals surface area (Å²) in [6.07, 6.45) is 1.72. The molecule has 0 aliphatic carbocycles. The lowest BCUT2D eigenvalue weighted by molar-refractivity contribution is 0.928. The number of anilines is 2. The first kappa shape index (κ1) is 8.74. The predicted molar refractivity (Wildman–Crippen MR) is 55.4 cm³/mol.